The van der Waals surface area contributed by atoms with Gasteiger partial charge in [0, 0.05) is 33.5 Å². The molecule has 0 aliphatic carbocycles. The molecule has 0 saturated heterocycles. The van der Waals surface area contributed by atoms with E-state index < -0.39 is 0 Å². The van der Waals surface area contributed by atoms with Crippen LogP contribution in [0.5, 0.6) is 0 Å². The molecule has 1 N–H and O–H groups in total. The summed E-state index contributed by atoms with van der Waals surface area (Å²) in [4.78, 5) is 17.9. The van der Waals surface area contributed by atoms with Crippen LogP contribution in [0.4, 0.5) is 10.1 Å². The molecule has 0 bridgehead atoms. The molecule has 0 aliphatic rings. The van der Waals surface area contributed by atoms with Crippen LogP contribution in [0, 0.1) is 12.7 Å². The van der Waals surface area contributed by atoms with Crippen LogP contribution in [0.3, 0.4) is 0 Å². The van der Waals surface area contributed by atoms with Crippen LogP contribution in [-0.4, -0.2) is 15.3 Å². The Hall–Kier alpha value is -2.70. The maximum absolute atomic E-state index is 13.2. The average molecular weight is 400 g/mol. The molecule has 0 unspecified atom stereocenters. The minimum Gasteiger partial charge on any atom is -0.326 e. The maximum Gasteiger partial charge on any atom is 0.230 e. The molecular weight excluding hydrogens is 385 g/mol. The van der Waals surface area contributed by atoms with Crippen molar-refractivity contribution in [3.8, 4) is 11.3 Å². The van der Waals surface area contributed by atoms with E-state index in [9.17, 15) is 9.18 Å². The van der Waals surface area contributed by atoms with Crippen molar-refractivity contribution in [2.45, 2.75) is 13.3 Å². The first kappa shape index (κ1) is 17.7. The van der Waals surface area contributed by atoms with Crippen LogP contribution < -0.4 is 5.32 Å². The molecule has 4 nitrogen and oxygen atoms in total. The van der Waals surface area contributed by atoms with Gasteiger partial charge in [0.1, 0.15) is 5.82 Å². The predicted octanol–water partition coefficient (Wildman–Crippen LogP) is 5.34. The van der Waals surface area contributed by atoms with E-state index in [1.807, 2.05) is 40.2 Å². The van der Waals surface area contributed by atoms with Gasteiger partial charge in [-0.05, 0) is 42.8 Å². The lowest BCUT2D eigenvalue weighted by atomic mass is 10.2. The first-order valence-corrected chi connectivity index (χ1v) is 9.53. The SMILES string of the molecule is Cc1cc(F)ccc1NC(=O)Cc1csc2nc(-c3cccc(Cl)c3)cn12. The van der Waals surface area contributed by atoms with Crippen LogP contribution in [0.25, 0.3) is 16.2 Å². The number of aromatic nitrogens is 2. The van der Waals surface area contributed by atoms with Crippen molar-refractivity contribution >= 4 is 39.5 Å². The normalized spacial score (nSPS) is 11.1. The molecule has 7 heteroatoms. The van der Waals surface area contributed by atoms with Gasteiger partial charge in [-0.3, -0.25) is 9.20 Å². The quantitative estimate of drug-likeness (QED) is 0.503. The molecule has 0 atom stereocenters. The molecule has 4 rings (SSSR count). The summed E-state index contributed by atoms with van der Waals surface area (Å²) in [6.07, 6.45) is 2.10. The van der Waals surface area contributed by atoms with E-state index in [0.717, 1.165) is 21.9 Å². The number of carbonyl (C=O) groups excluding carboxylic acids is 1. The number of imidazole rings is 1. The second kappa shape index (κ2) is 7.13. The van der Waals surface area contributed by atoms with E-state index >= 15 is 0 Å². The second-order valence-corrected chi connectivity index (χ2v) is 7.47. The number of thiazole rings is 1. The van der Waals surface area contributed by atoms with Gasteiger partial charge in [0.05, 0.1) is 12.1 Å². The van der Waals surface area contributed by atoms with Gasteiger partial charge in [0.25, 0.3) is 0 Å². The molecule has 2 aromatic heterocycles. The highest BCUT2D eigenvalue weighted by Crippen LogP contribution is 2.26. The number of nitrogens with zero attached hydrogens (tertiary/aromatic N) is 2. The number of hydrogen-bond donors (Lipinski definition) is 1. The highest BCUT2D eigenvalue weighted by atomic mass is 35.5. The molecule has 2 aromatic carbocycles. The van der Waals surface area contributed by atoms with Crippen molar-refractivity contribution in [3.63, 3.8) is 0 Å². The summed E-state index contributed by atoms with van der Waals surface area (Å²) in [6.45, 7) is 1.76. The highest BCUT2D eigenvalue weighted by molar-refractivity contribution is 7.15. The smallest absolute Gasteiger partial charge is 0.230 e. The lowest BCUT2D eigenvalue weighted by molar-refractivity contribution is -0.115. The van der Waals surface area contributed by atoms with Crippen molar-refractivity contribution in [2.75, 3.05) is 5.32 Å². The third-order valence-electron chi connectivity index (χ3n) is 4.21. The van der Waals surface area contributed by atoms with Gasteiger partial charge in [-0.1, -0.05) is 23.7 Å². The molecule has 0 saturated carbocycles. The van der Waals surface area contributed by atoms with Gasteiger partial charge in [-0.2, -0.15) is 0 Å². The number of benzene rings is 2. The molecule has 27 heavy (non-hydrogen) atoms. The predicted molar refractivity (Wildman–Crippen MR) is 107 cm³/mol. The van der Waals surface area contributed by atoms with Crippen LogP contribution in [0.1, 0.15) is 11.3 Å². The van der Waals surface area contributed by atoms with Crippen LogP contribution >= 0.6 is 22.9 Å². The minimum absolute atomic E-state index is 0.164. The van der Waals surface area contributed by atoms with Crippen LogP contribution in [0.15, 0.2) is 54.0 Å². The van der Waals surface area contributed by atoms with Gasteiger partial charge in [0.2, 0.25) is 5.91 Å². The third-order valence-corrected chi connectivity index (χ3v) is 5.33. The zero-order valence-corrected chi connectivity index (χ0v) is 15.9. The number of hydrogen-bond acceptors (Lipinski definition) is 3. The largest absolute Gasteiger partial charge is 0.326 e. The Kier molecular flexibility index (Phi) is 4.68. The van der Waals surface area contributed by atoms with Gasteiger partial charge < -0.3 is 5.32 Å². The molecule has 0 radical (unpaired) electrons. The first-order valence-electron chi connectivity index (χ1n) is 8.27. The Bertz CT molecular complexity index is 1150. The fraction of sp³-hybridized carbons (Fsp3) is 0.100. The number of nitrogens with one attached hydrogen (secondary N) is 1. The monoisotopic (exact) mass is 399 g/mol. The van der Waals surface area contributed by atoms with Crippen molar-refractivity contribution < 1.29 is 9.18 Å². The lowest BCUT2D eigenvalue weighted by Crippen LogP contribution is -2.16. The fourth-order valence-corrected chi connectivity index (χ4v) is 3.93. The number of halogens is 2. The molecule has 0 spiro atoms. The van der Waals surface area contributed by atoms with Crippen LogP contribution in [-0.2, 0) is 11.2 Å². The summed E-state index contributed by atoms with van der Waals surface area (Å²) < 4.78 is 15.1. The lowest BCUT2D eigenvalue weighted by Gasteiger charge is -2.08. The molecule has 2 heterocycles. The zero-order chi connectivity index (χ0) is 19.0. The number of anilines is 1. The molecular formula is C20H15ClFN3OS. The summed E-state index contributed by atoms with van der Waals surface area (Å²) in [5, 5.41) is 5.40. The Labute approximate surface area is 164 Å². The number of fused-ring (bicyclic) bond motifs is 1. The Morgan fingerprint density at radius 1 is 1.30 bits per heavy atom. The third kappa shape index (κ3) is 3.72. The van der Waals surface area contributed by atoms with Crippen molar-refractivity contribution in [3.05, 3.63) is 76.1 Å². The van der Waals surface area contributed by atoms with E-state index in [0.29, 0.717) is 16.3 Å². The Morgan fingerprint density at radius 3 is 2.93 bits per heavy atom. The summed E-state index contributed by atoms with van der Waals surface area (Å²) in [5.74, 6) is -0.487. The van der Waals surface area contributed by atoms with Gasteiger partial charge in [-0.15, -0.1) is 11.3 Å². The maximum atomic E-state index is 13.2. The molecule has 0 fully saturated rings. The van der Waals surface area contributed by atoms with E-state index in [1.54, 1.807) is 13.0 Å². The minimum atomic E-state index is -0.322. The zero-order valence-electron chi connectivity index (χ0n) is 14.4. The Balaban J connectivity index is 1.56. The standard InChI is InChI=1S/C20H15ClFN3OS/c1-12-7-15(22)5-6-17(12)23-19(26)9-16-11-27-20-24-18(10-25(16)20)13-3-2-4-14(21)8-13/h2-8,10-11H,9H2,1H3,(H,23,26). The average Bonchev–Trinajstić information content (AvgIpc) is 3.20. The number of aryl methyl sites for hydroxylation is 1. The number of amides is 1. The van der Waals surface area contributed by atoms with Gasteiger partial charge >= 0.3 is 0 Å². The number of carbonyl (C=O) groups is 1. The fourth-order valence-electron chi connectivity index (χ4n) is 2.87. The summed E-state index contributed by atoms with van der Waals surface area (Å²) in [5.41, 5.74) is 3.87. The highest BCUT2D eigenvalue weighted by Gasteiger charge is 2.13. The van der Waals surface area contributed by atoms with Gasteiger partial charge in [0.15, 0.2) is 4.96 Å². The Morgan fingerprint density at radius 2 is 2.15 bits per heavy atom. The van der Waals surface area contributed by atoms with E-state index in [-0.39, 0.29) is 18.1 Å². The van der Waals surface area contributed by atoms with Crippen molar-refractivity contribution in [2.24, 2.45) is 0 Å². The molecule has 1 amide bonds. The van der Waals surface area contributed by atoms with Crippen molar-refractivity contribution in [1.82, 2.24) is 9.38 Å². The number of rotatable bonds is 4. The van der Waals surface area contributed by atoms with Crippen LogP contribution in [0.2, 0.25) is 5.02 Å². The summed E-state index contributed by atoms with van der Waals surface area (Å²) in [6, 6.07) is 11.8. The molecule has 0 aliphatic heterocycles. The van der Waals surface area contributed by atoms with E-state index in [4.69, 9.17) is 11.6 Å². The summed E-state index contributed by atoms with van der Waals surface area (Å²) in [7, 11) is 0. The first-order chi connectivity index (χ1) is 13.0. The topological polar surface area (TPSA) is 46.4 Å². The molecule has 4 aromatic rings. The van der Waals surface area contributed by atoms with Crippen molar-refractivity contribution in [1.29, 1.82) is 0 Å². The van der Waals surface area contributed by atoms with E-state index in [2.05, 4.69) is 10.3 Å². The second-order valence-electron chi connectivity index (χ2n) is 6.20. The van der Waals surface area contributed by atoms with Gasteiger partial charge in [-0.25, -0.2) is 9.37 Å². The summed E-state index contributed by atoms with van der Waals surface area (Å²) >= 11 is 7.53. The van der Waals surface area contributed by atoms with E-state index in [1.165, 1.54) is 23.5 Å². The molecule has 136 valence electrons.